The summed E-state index contributed by atoms with van der Waals surface area (Å²) in [5.41, 5.74) is 1.12. The third kappa shape index (κ3) is 4.74. The molecule has 0 radical (unpaired) electrons. The van der Waals surface area contributed by atoms with Gasteiger partial charge in [0.05, 0.1) is 5.25 Å². The van der Waals surface area contributed by atoms with Crippen LogP contribution < -0.4 is 5.32 Å². The maximum Gasteiger partial charge on any atom is 0.233 e. The van der Waals surface area contributed by atoms with Crippen LogP contribution in [-0.2, 0) is 17.8 Å². The molecular weight excluding hydrogens is 270 g/mol. The molecule has 4 nitrogen and oxygen atoms in total. The number of hydrogen-bond acceptors (Lipinski definition) is 3. The Morgan fingerprint density at radius 3 is 2.80 bits per heavy atom. The van der Waals surface area contributed by atoms with E-state index in [1.54, 1.807) is 6.20 Å². The van der Waals surface area contributed by atoms with Gasteiger partial charge in [0.15, 0.2) is 0 Å². The Bertz CT molecular complexity index is 513. The molecule has 0 bridgehead atoms. The highest BCUT2D eigenvalue weighted by atomic mass is 32.1. The van der Waals surface area contributed by atoms with E-state index in [0.717, 1.165) is 18.5 Å². The molecule has 1 amide bonds. The first-order valence-corrected chi connectivity index (χ1v) is 7.24. The second-order valence-corrected chi connectivity index (χ2v) is 5.24. The molecule has 0 aliphatic carbocycles. The first-order valence-electron chi connectivity index (χ1n) is 6.73. The fourth-order valence-corrected chi connectivity index (χ4v) is 2.24. The highest BCUT2D eigenvalue weighted by Crippen LogP contribution is 2.07. The molecule has 20 heavy (non-hydrogen) atoms. The lowest BCUT2D eigenvalue weighted by atomic mass is 10.1. The number of thiol groups is 1. The molecule has 1 aromatic carbocycles. The van der Waals surface area contributed by atoms with Gasteiger partial charge in [-0.15, -0.1) is 0 Å². The van der Waals surface area contributed by atoms with Crippen molar-refractivity contribution < 1.29 is 4.79 Å². The van der Waals surface area contributed by atoms with E-state index in [-0.39, 0.29) is 11.2 Å². The smallest absolute Gasteiger partial charge is 0.233 e. The quantitative estimate of drug-likeness (QED) is 0.604. The molecule has 0 fully saturated rings. The lowest BCUT2D eigenvalue weighted by Crippen LogP contribution is -2.33. The van der Waals surface area contributed by atoms with E-state index >= 15 is 0 Å². The van der Waals surface area contributed by atoms with Gasteiger partial charge >= 0.3 is 0 Å². The summed E-state index contributed by atoms with van der Waals surface area (Å²) in [5.74, 6) is -0.0161. The normalized spacial score (nSPS) is 12.1. The second-order valence-electron chi connectivity index (χ2n) is 4.62. The standard InChI is InChI=1S/C15H19N3OS/c19-15(14(20)12-13-6-2-1-3-7-13)16-8-4-10-18-11-5-9-17-18/h1-3,5-7,9,11,14,20H,4,8,10,12H2,(H,16,19). The minimum atomic E-state index is -0.304. The summed E-state index contributed by atoms with van der Waals surface area (Å²) in [6.45, 7) is 1.45. The van der Waals surface area contributed by atoms with E-state index in [9.17, 15) is 4.79 Å². The van der Waals surface area contributed by atoms with Crippen LogP contribution in [0.2, 0.25) is 0 Å². The molecule has 1 aromatic heterocycles. The number of carbonyl (C=O) groups is 1. The second kappa shape index (κ2) is 7.75. The van der Waals surface area contributed by atoms with Crippen LogP contribution in [0, 0.1) is 0 Å². The zero-order valence-electron chi connectivity index (χ0n) is 11.3. The van der Waals surface area contributed by atoms with E-state index < -0.39 is 0 Å². The van der Waals surface area contributed by atoms with Gasteiger partial charge < -0.3 is 5.32 Å². The first kappa shape index (κ1) is 14.7. The van der Waals surface area contributed by atoms with Crippen LogP contribution in [0.15, 0.2) is 48.8 Å². The molecule has 1 unspecified atom stereocenters. The van der Waals surface area contributed by atoms with Crippen LogP contribution in [0.25, 0.3) is 0 Å². The van der Waals surface area contributed by atoms with Gasteiger partial charge in [-0.25, -0.2) is 0 Å². The molecule has 1 heterocycles. The largest absolute Gasteiger partial charge is 0.355 e. The Kier molecular flexibility index (Phi) is 5.68. The van der Waals surface area contributed by atoms with Crippen LogP contribution in [0.5, 0.6) is 0 Å². The van der Waals surface area contributed by atoms with Gasteiger partial charge in [-0.05, 0) is 24.5 Å². The molecule has 0 saturated heterocycles. The van der Waals surface area contributed by atoms with E-state index in [4.69, 9.17) is 0 Å². The maximum atomic E-state index is 11.9. The van der Waals surface area contributed by atoms with E-state index in [1.807, 2.05) is 47.3 Å². The number of rotatable bonds is 7. The van der Waals surface area contributed by atoms with Gasteiger partial charge in [-0.3, -0.25) is 9.48 Å². The monoisotopic (exact) mass is 289 g/mol. The summed E-state index contributed by atoms with van der Waals surface area (Å²) in [7, 11) is 0. The Hall–Kier alpha value is -1.75. The van der Waals surface area contributed by atoms with Crippen molar-refractivity contribution in [1.29, 1.82) is 0 Å². The summed E-state index contributed by atoms with van der Waals surface area (Å²) in [4.78, 5) is 11.9. The highest BCUT2D eigenvalue weighted by Gasteiger charge is 2.13. The number of aromatic nitrogens is 2. The molecule has 1 N–H and O–H groups in total. The van der Waals surface area contributed by atoms with Gasteiger partial charge in [-0.1, -0.05) is 30.3 Å². The minimum absolute atomic E-state index is 0.0161. The minimum Gasteiger partial charge on any atom is -0.355 e. The fourth-order valence-electron chi connectivity index (χ4n) is 1.93. The molecule has 5 heteroatoms. The van der Waals surface area contributed by atoms with Crippen molar-refractivity contribution in [2.45, 2.75) is 24.6 Å². The van der Waals surface area contributed by atoms with Crippen molar-refractivity contribution in [3.8, 4) is 0 Å². The van der Waals surface area contributed by atoms with Crippen molar-refractivity contribution in [3.63, 3.8) is 0 Å². The van der Waals surface area contributed by atoms with Gasteiger partial charge in [0, 0.05) is 25.5 Å². The summed E-state index contributed by atoms with van der Waals surface area (Å²) in [6.07, 6.45) is 5.18. The molecule has 0 spiro atoms. The van der Waals surface area contributed by atoms with Crippen LogP contribution >= 0.6 is 12.6 Å². The van der Waals surface area contributed by atoms with Gasteiger partial charge in [0.1, 0.15) is 0 Å². The Morgan fingerprint density at radius 2 is 2.10 bits per heavy atom. The van der Waals surface area contributed by atoms with Crippen LogP contribution in [0.3, 0.4) is 0 Å². The SMILES string of the molecule is O=C(NCCCn1cccn1)C(S)Cc1ccccc1. The van der Waals surface area contributed by atoms with Crippen molar-refractivity contribution >= 4 is 18.5 Å². The summed E-state index contributed by atoms with van der Waals surface area (Å²) < 4.78 is 1.86. The Morgan fingerprint density at radius 1 is 1.30 bits per heavy atom. The van der Waals surface area contributed by atoms with E-state index in [2.05, 4.69) is 23.0 Å². The third-order valence-electron chi connectivity index (χ3n) is 3.00. The number of hydrogen-bond donors (Lipinski definition) is 2. The Balaban J connectivity index is 1.66. The van der Waals surface area contributed by atoms with Crippen molar-refractivity contribution in [3.05, 3.63) is 54.4 Å². The average Bonchev–Trinajstić information content (AvgIpc) is 2.97. The predicted molar refractivity (Wildman–Crippen MR) is 82.8 cm³/mol. The van der Waals surface area contributed by atoms with Crippen molar-refractivity contribution in [2.75, 3.05) is 6.54 Å². The zero-order chi connectivity index (χ0) is 14.2. The molecule has 2 aromatic rings. The highest BCUT2D eigenvalue weighted by molar-refractivity contribution is 7.81. The molecule has 0 saturated carbocycles. The zero-order valence-corrected chi connectivity index (χ0v) is 12.2. The number of amides is 1. The number of nitrogens with one attached hydrogen (secondary N) is 1. The maximum absolute atomic E-state index is 11.9. The Labute approximate surface area is 124 Å². The first-order chi connectivity index (χ1) is 9.75. The number of benzene rings is 1. The predicted octanol–water partition coefficient (Wildman–Crippen LogP) is 1.93. The van der Waals surface area contributed by atoms with Crippen molar-refractivity contribution in [2.24, 2.45) is 0 Å². The van der Waals surface area contributed by atoms with Crippen molar-refractivity contribution in [1.82, 2.24) is 15.1 Å². The summed E-state index contributed by atoms with van der Waals surface area (Å²) >= 11 is 4.37. The molecule has 106 valence electrons. The summed E-state index contributed by atoms with van der Waals surface area (Å²) in [5, 5.41) is 6.72. The lowest BCUT2D eigenvalue weighted by molar-refractivity contribution is -0.120. The van der Waals surface area contributed by atoms with E-state index in [1.165, 1.54) is 0 Å². The molecule has 0 aliphatic heterocycles. The number of carbonyl (C=O) groups excluding carboxylic acids is 1. The number of nitrogens with zero attached hydrogens (tertiary/aromatic N) is 2. The van der Waals surface area contributed by atoms with Gasteiger partial charge in [0.2, 0.25) is 5.91 Å². The summed E-state index contributed by atoms with van der Waals surface area (Å²) in [6, 6.07) is 11.8. The molecule has 2 rings (SSSR count). The van der Waals surface area contributed by atoms with Gasteiger partial charge in [-0.2, -0.15) is 17.7 Å². The van der Waals surface area contributed by atoms with Crippen LogP contribution in [-0.4, -0.2) is 27.5 Å². The molecular formula is C15H19N3OS. The average molecular weight is 289 g/mol. The molecule has 0 aliphatic rings. The fraction of sp³-hybridized carbons (Fsp3) is 0.333. The molecule has 1 atom stereocenters. The van der Waals surface area contributed by atoms with E-state index in [0.29, 0.717) is 13.0 Å². The third-order valence-corrected chi connectivity index (χ3v) is 3.41. The topological polar surface area (TPSA) is 46.9 Å². The lowest BCUT2D eigenvalue weighted by Gasteiger charge is -2.11. The number of aryl methyl sites for hydroxylation is 1. The van der Waals surface area contributed by atoms with Gasteiger partial charge in [0.25, 0.3) is 0 Å². The van der Waals surface area contributed by atoms with Crippen LogP contribution in [0.1, 0.15) is 12.0 Å². The van der Waals surface area contributed by atoms with Crippen LogP contribution in [0.4, 0.5) is 0 Å².